The van der Waals surface area contributed by atoms with Gasteiger partial charge in [0.15, 0.2) is 0 Å². The summed E-state index contributed by atoms with van der Waals surface area (Å²) in [6.45, 7) is 5.35. The van der Waals surface area contributed by atoms with E-state index in [9.17, 15) is 0 Å². The van der Waals surface area contributed by atoms with Crippen LogP contribution in [0.3, 0.4) is 0 Å². The summed E-state index contributed by atoms with van der Waals surface area (Å²) in [6, 6.07) is 16.5. The molecule has 0 amide bonds. The van der Waals surface area contributed by atoms with Crippen LogP contribution in [-0.2, 0) is 6.42 Å². The topological polar surface area (TPSA) is 54.2 Å². The molecule has 1 N–H and O–H groups in total. The number of quaternary nitrogens is 1. The Morgan fingerprint density at radius 3 is 1.55 bits per heavy atom. The van der Waals surface area contributed by atoms with Crippen LogP contribution in [-0.4, -0.2) is 50.0 Å². The van der Waals surface area contributed by atoms with Gasteiger partial charge < -0.3 is 31.3 Å². The summed E-state index contributed by atoms with van der Waals surface area (Å²) >= 11 is 0. The van der Waals surface area contributed by atoms with Crippen molar-refractivity contribution in [2.75, 3.05) is 40.4 Å². The van der Waals surface area contributed by atoms with Crippen LogP contribution in [0.5, 0.6) is 5.75 Å². The highest BCUT2D eigenvalue weighted by atomic mass is 79.9. The summed E-state index contributed by atoms with van der Waals surface area (Å²) < 4.78 is 6.86. The number of aliphatic hydroxyl groups excluding tert-OH is 1. The van der Waals surface area contributed by atoms with E-state index in [1.165, 1.54) is 115 Å². The second-order valence-electron chi connectivity index (χ2n) is 13.1. The Balaban J connectivity index is 0.00000968. The molecule has 250 valence electrons. The standard InChI is InChI=1S/C38H64N3O2.BrH/c1-4-5-6-7-8-9-10-13-16-19-22-35-23-25-36(26-24-35)39-40-37-27-29-38(30-28-37)43-34-21-18-15-12-11-14-17-20-31-41(2,3)32-33-42;/h23-30,42H,4-22,31-34H2,1-3H3;1H/q+1;/p-1/b40-39+;. The number of nitrogens with zero attached hydrogens (tertiary/aromatic N) is 3. The maximum atomic E-state index is 9.12. The van der Waals surface area contributed by atoms with Crippen LogP contribution in [0.2, 0.25) is 0 Å². The predicted molar refractivity (Wildman–Crippen MR) is 184 cm³/mol. The van der Waals surface area contributed by atoms with Gasteiger partial charge in [0.1, 0.15) is 12.3 Å². The van der Waals surface area contributed by atoms with E-state index in [0.29, 0.717) is 0 Å². The lowest BCUT2D eigenvalue weighted by atomic mass is 10.0. The summed E-state index contributed by atoms with van der Waals surface area (Å²) in [5.41, 5.74) is 3.14. The minimum atomic E-state index is 0. The van der Waals surface area contributed by atoms with Crippen LogP contribution in [0.1, 0.15) is 128 Å². The fourth-order valence-electron chi connectivity index (χ4n) is 5.55. The molecule has 0 fully saturated rings. The zero-order chi connectivity index (χ0) is 30.9. The van der Waals surface area contributed by atoms with Crippen LogP contribution < -0.4 is 21.7 Å². The van der Waals surface area contributed by atoms with E-state index in [1.807, 2.05) is 24.3 Å². The Hall–Kier alpha value is -1.76. The Morgan fingerprint density at radius 2 is 1.02 bits per heavy atom. The van der Waals surface area contributed by atoms with Gasteiger partial charge in [-0.15, -0.1) is 0 Å². The molecule has 0 aliphatic rings. The van der Waals surface area contributed by atoms with Gasteiger partial charge in [-0.05, 0) is 74.1 Å². The zero-order valence-corrected chi connectivity index (χ0v) is 30.0. The summed E-state index contributed by atoms with van der Waals surface area (Å²) in [4.78, 5) is 0. The molecule has 0 saturated carbocycles. The quantitative estimate of drug-likeness (QED) is 0.0591. The van der Waals surface area contributed by atoms with Gasteiger partial charge in [-0.25, -0.2) is 0 Å². The van der Waals surface area contributed by atoms with Crippen molar-refractivity contribution >= 4 is 11.4 Å². The number of ether oxygens (including phenoxy) is 1. The molecule has 0 heterocycles. The number of hydrogen-bond acceptors (Lipinski definition) is 4. The molecule has 0 radical (unpaired) electrons. The van der Waals surface area contributed by atoms with Crippen molar-refractivity contribution in [3.8, 4) is 5.75 Å². The molecule has 44 heavy (non-hydrogen) atoms. The molecule has 0 aliphatic heterocycles. The normalized spacial score (nSPS) is 11.6. The maximum Gasteiger partial charge on any atom is 0.119 e. The number of azo groups is 1. The molecule has 2 aromatic rings. The minimum absolute atomic E-state index is 0. The third-order valence-electron chi connectivity index (χ3n) is 8.50. The van der Waals surface area contributed by atoms with Crippen LogP contribution in [0.4, 0.5) is 11.4 Å². The van der Waals surface area contributed by atoms with Crippen molar-refractivity contribution in [2.24, 2.45) is 10.2 Å². The average Bonchev–Trinajstić information content (AvgIpc) is 3.01. The number of aryl methyl sites for hydroxylation is 1. The highest BCUT2D eigenvalue weighted by Gasteiger charge is 2.12. The summed E-state index contributed by atoms with van der Waals surface area (Å²) in [7, 11) is 4.41. The molecule has 0 aromatic heterocycles. The fraction of sp³-hybridized carbons (Fsp3) is 0.684. The second-order valence-corrected chi connectivity index (χ2v) is 13.1. The molecule has 6 heteroatoms. The van der Waals surface area contributed by atoms with Gasteiger partial charge in [0.2, 0.25) is 0 Å². The van der Waals surface area contributed by atoms with E-state index < -0.39 is 0 Å². The van der Waals surface area contributed by atoms with E-state index in [-0.39, 0.29) is 23.6 Å². The molecule has 0 atom stereocenters. The second kappa shape index (κ2) is 26.5. The lowest BCUT2D eigenvalue weighted by Crippen LogP contribution is -3.00. The van der Waals surface area contributed by atoms with Gasteiger partial charge in [0.05, 0.1) is 45.2 Å². The maximum absolute atomic E-state index is 9.12. The van der Waals surface area contributed by atoms with Crippen LogP contribution >= 0.6 is 0 Å². The molecular formula is C38H64BrN3O2. The Morgan fingerprint density at radius 1 is 0.568 bits per heavy atom. The van der Waals surface area contributed by atoms with Gasteiger partial charge in [-0.1, -0.05) is 109 Å². The SMILES string of the molecule is CCCCCCCCCCCCc1ccc(/N=N/c2ccc(OCCCCCCCCCC[N+](C)(C)CCO)cc2)cc1.[Br-]. The largest absolute Gasteiger partial charge is 1.00 e. The number of aliphatic hydroxyl groups is 1. The van der Waals surface area contributed by atoms with Crippen LogP contribution in [0, 0.1) is 0 Å². The van der Waals surface area contributed by atoms with Crippen molar-refractivity contribution in [3.05, 3.63) is 54.1 Å². The third-order valence-corrected chi connectivity index (χ3v) is 8.50. The minimum Gasteiger partial charge on any atom is -1.00 e. The summed E-state index contributed by atoms with van der Waals surface area (Å²) in [5.74, 6) is 0.901. The Labute approximate surface area is 281 Å². The molecule has 2 rings (SSSR count). The highest BCUT2D eigenvalue weighted by molar-refractivity contribution is 5.43. The third kappa shape index (κ3) is 21.1. The summed E-state index contributed by atoms with van der Waals surface area (Å²) in [5, 5.41) is 18.0. The van der Waals surface area contributed by atoms with Gasteiger partial charge in [0.25, 0.3) is 0 Å². The number of benzene rings is 2. The first-order valence-corrected chi connectivity index (χ1v) is 17.7. The number of hydrogen-bond donors (Lipinski definition) is 1. The fourth-order valence-corrected chi connectivity index (χ4v) is 5.55. The zero-order valence-electron chi connectivity index (χ0n) is 28.5. The number of likely N-dealkylation sites (N-methyl/N-ethyl adjacent to an activating group) is 1. The Bertz CT molecular complexity index is 948. The first-order chi connectivity index (χ1) is 21.0. The van der Waals surface area contributed by atoms with Crippen molar-refractivity contribution in [1.82, 2.24) is 0 Å². The lowest BCUT2D eigenvalue weighted by Gasteiger charge is -2.28. The molecule has 2 aromatic carbocycles. The monoisotopic (exact) mass is 673 g/mol. The first kappa shape index (κ1) is 40.3. The van der Waals surface area contributed by atoms with E-state index >= 15 is 0 Å². The summed E-state index contributed by atoms with van der Waals surface area (Å²) in [6.07, 6.45) is 25.1. The van der Waals surface area contributed by atoms with Gasteiger partial charge >= 0.3 is 0 Å². The van der Waals surface area contributed by atoms with E-state index in [1.54, 1.807) is 0 Å². The van der Waals surface area contributed by atoms with Gasteiger partial charge in [-0.3, -0.25) is 0 Å². The van der Waals surface area contributed by atoms with E-state index in [2.05, 4.69) is 55.5 Å². The van der Waals surface area contributed by atoms with Crippen molar-refractivity contribution in [2.45, 2.75) is 129 Å². The van der Waals surface area contributed by atoms with Crippen molar-refractivity contribution < 1.29 is 31.3 Å². The molecule has 0 saturated heterocycles. The van der Waals surface area contributed by atoms with Crippen molar-refractivity contribution in [1.29, 1.82) is 0 Å². The molecule has 5 nitrogen and oxygen atoms in total. The van der Waals surface area contributed by atoms with E-state index in [0.717, 1.165) is 54.1 Å². The first-order valence-electron chi connectivity index (χ1n) is 17.7. The number of halogens is 1. The average molecular weight is 675 g/mol. The van der Waals surface area contributed by atoms with Crippen LogP contribution in [0.15, 0.2) is 58.8 Å². The van der Waals surface area contributed by atoms with Crippen LogP contribution in [0.25, 0.3) is 0 Å². The smallest absolute Gasteiger partial charge is 0.119 e. The molecule has 0 unspecified atom stereocenters. The number of unbranched alkanes of at least 4 members (excludes halogenated alkanes) is 16. The molecule has 0 bridgehead atoms. The molecule has 0 aliphatic carbocycles. The molecular weight excluding hydrogens is 610 g/mol. The highest BCUT2D eigenvalue weighted by Crippen LogP contribution is 2.22. The predicted octanol–water partition coefficient (Wildman–Crippen LogP) is 8.14. The van der Waals surface area contributed by atoms with Crippen molar-refractivity contribution in [3.63, 3.8) is 0 Å². The molecule has 0 spiro atoms. The lowest BCUT2D eigenvalue weighted by molar-refractivity contribution is -0.890. The van der Waals surface area contributed by atoms with Gasteiger partial charge in [0, 0.05) is 0 Å². The number of rotatable bonds is 27. The van der Waals surface area contributed by atoms with E-state index in [4.69, 9.17) is 9.84 Å². The Kier molecular flexibility index (Phi) is 24.2. The van der Waals surface area contributed by atoms with Gasteiger partial charge in [-0.2, -0.15) is 10.2 Å².